The minimum Gasteiger partial charge on any atom is -0.343 e. The van der Waals surface area contributed by atoms with Crippen LogP contribution in [0, 0.1) is 0 Å². The molecule has 2 rings (SSSR count). The number of rotatable bonds is 6. The van der Waals surface area contributed by atoms with Gasteiger partial charge in [0, 0.05) is 13.1 Å². The minimum absolute atomic E-state index is 0.157. The number of aromatic amines is 2. The summed E-state index contributed by atoms with van der Waals surface area (Å²) in [5.74, 6) is 2.82. The van der Waals surface area contributed by atoms with E-state index in [1.807, 2.05) is 23.7 Å². The van der Waals surface area contributed by atoms with Gasteiger partial charge in [-0.3, -0.25) is 14.9 Å². The Morgan fingerprint density at radius 3 is 3.05 bits per heavy atom. The van der Waals surface area contributed by atoms with Crippen molar-refractivity contribution in [1.82, 2.24) is 20.2 Å². The molecular weight excluding hydrogens is 262 g/mol. The zero-order valence-corrected chi connectivity index (χ0v) is 12.3. The highest BCUT2D eigenvalue weighted by atomic mass is 32.2. The fourth-order valence-corrected chi connectivity index (χ4v) is 2.60. The molecule has 1 atom stereocenters. The lowest BCUT2D eigenvalue weighted by Crippen LogP contribution is -2.32. The van der Waals surface area contributed by atoms with E-state index in [4.69, 9.17) is 0 Å². The molecule has 0 saturated heterocycles. The second-order valence-electron chi connectivity index (χ2n) is 4.47. The lowest BCUT2D eigenvalue weighted by molar-refractivity contribution is 0.653. The molecule has 0 unspecified atom stereocenters. The molecule has 0 radical (unpaired) electrons. The summed E-state index contributed by atoms with van der Waals surface area (Å²) in [5.41, 5.74) is 0.372. The fourth-order valence-electron chi connectivity index (χ4n) is 1.80. The molecule has 104 valence electrons. The zero-order valence-electron chi connectivity index (χ0n) is 11.4. The van der Waals surface area contributed by atoms with Crippen molar-refractivity contribution in [3.05, 3.63) is 16.6 Å². The Hall–Kier alpha value is -1.50. The third-order valence-corrected chi connectivity index (χ3v) is 4.12. The summed E-state index contributed by atoms with van der Waals surface area (Å²) >= 11 is 1.92. The van der Waals surface area contributed by atoms with E-state index in [1.165, 1.54) is 6.20 Å². The van der Waals surface area contributed by atoms with Crippen LogP contribution >= 0.6 is 11.8 Å². The summed E-state index contributed by atoms with van der Waals surface area (Å²) in [5, 5.41) is 7.07. The Labute approximate surface area is 116 Å². The smallest absolute Gasteiger partial charge is 0.263 e. The lowest BCUT2D eigenvalue weighted by Gasteiger charge is -2.25. The first kappa shape index (κ1) is 13.9. The summed E-state index contributed by atoms with van der Waals surface area (Å²) in [6.45, 7) is 4.29. The molecule has 2 aromatic heterocycles. The number of hydrogen-bond acceptors (Lipinski definition) is 5. The van der Waals surface area contributed by atoms with Crippen molar-refractivity contribution >= 4 is 28.7 Å². The van der Waals surface area contributed by atoms with Gasteiger partial charge in [0.1, 0.15) is 5.39 Å². The van der Waals surface area contributed by atoms with Crippen LogP contribution in [0.2, 0.25) is 0 Å². The van der Waals surface area contributed by atoms with Crippen molar-refractivity contribution in [3.8, 4) is 0 Å². The zero-order chi connectivity index (χ0) is 13.8. The van der Waals surface area contributed by atoms with Crippen molar-refractivity contribution in [2.45, 2.75) is 26.3 Å². The predicted molar refractivity (Wildman–Crippen MR) is 80.0 cm³/mol. The van der Waals surface area contributed by atoms with Crippen LogP contribution in [0.3, 0.4) is 0 Å². The van der Waals surface area contributed by atoms with E-state index in [-0.39, 0.29) is 5.56 Å². The molecular formula is C12H19N5OS. The van der Waals surface area contributed by atoms with Crippen LogP contribution < -0.4 is 10.5 Å². The predicted octanol–water partition coefficient (Wildman–Crippen LogP) is 1.61. The molecule has 2 N–H and O–H groups in total. The van der Waals surface area contributed by atoms with Crippen LogP contribution in [0.4, 0.5) is 5.95 Å². The highest BCUT2D eigenvalue weighted by Crippen LogP contribution is 2.14. The number of hydrogen-bond donors (Lipinski definition) is 2. The van der Waals surface area contributed by atoms with Crippen molar-refractivity contribution in [2.75, 3.05) is 23.5 Å². The molecule has 0 bridgehead atoms. The largest absolute Gasteiger partial charge is 0.343 e. The van der Waals surface area contributed by atoms with Gasteiger partial charge in [0.15, 0.2) is 5.65 Å². The number of H-pyrrole nitrogens is 2. The van der Waals surface area contributed by atoms with Gasteiger partial charge in [-0.1, -0.05) is 6.92 Å². The van der Waals surface area contributed by atoms with Crippen molar-refractivity contribution in [3.63, 3.8) is 0 Å². The molecule has 0 aliphatic heterocycles. The third kappa shape index (κ3) is 3.09. The highest BCUT2D eigenvalue weighted by molar-refractivity contribution is 7.99. The van der Waals surface area contributed by atoms with Crippen LogP contribution in [0.25, 0.3) is 11.0 Å². The number of aromatic nitrogens is 4. The van der Waals surface area contributed by atoms with E-state index in [1.54, 1.807) is 0 Å². The average Bonchev–Trinajstić information content (AvgIpc) is 2.86. The molecule has 2 heterocycles. The lowest BCUT2D eigenvalue weighted by atomic mass is 10.2. The topological polar surface area (TPSA) is 77.7 Å². The van der Waals surface area contributed by atoms with Crippen molar-refractivity contribution in [2.24, 2.45) is 0 Å². The van der Waals surface area contributed by atoms with Gasteiger partial charge in [-0.25, -0.2) is 0 Å². The first-order chi connectivity index (χ1) is 9.13. The molecule has 0 spiro atoms. The maximum absolute atomic E-state index is 11.9. The Morgan fingerprint density at radius 2 is 2.32 bits per heavy atom. The van der Waals surface area contributed by atoms with E-state index in [9.17, 15) is 4.79 Å². The third-order valence-electron chi connectivity index (χ3n) is 3.19. The molecule has 2 aromatic rings. The van der Waals surface area contributed by atoms with Gasteiger partial charge in [-0.05, 0) is 24.9 Å². The van der Waals surface area contributed by atoms with Crippen LogP contribution in [-0.2, 0) is 0 Å². The van der Waals surface area contributed by atoms with Gasteiger partial charge >= 0.3 is 0 Å². The van der Waals surface area contributed by atoms with E-state index in [0.717, 1.165) is 17.9 Å². The first-order valence-corrected chi connectivity index (χ1v) is 7.53. The quantitative estimate of drug-likeness (QED) is 0.787. The van der Waals surface area contributed by atoms with E-state index in [2.05, 4.69) is 34.0 Å². The minimum atomic E-state index is -0.157. The Morgan fingerprint density at radius 1 is 1.53 bits per heavy atom. The molecule has 7 heteroatoms. The number of anilines is 1. The second kappa shape index (κ2) is 6.10. The van der Waals surface area contributed by atoms with Crippen molar-refractivity contribution < 1.29 is 0 Å². The molecule has 0 amide bonds. The van der Waals surface area contributed by atoms with E-state index < -0.39 is 0 Å². The number of nitrogens with one attached hydrogen (secondary N) is 2. The highest BCUT2D eigenvalue weighted by Gasteiger charge is 2.14. The molecule has 19 heavy (non-hydrogen) atoms. The van der Waals surface area contributed by atoms with Gasteiger partial charge in [0.05, 0.1) is 6.20 Å². The van der Waals surface area contributed by atoms with Gasteiger partial charge in [0.25, 0.3) is 5.56 Å². The summed E-state index contributed by atoms with van der Waals surface area (Å²) < 4.78 is 0. The molecule has 0 saturated carbocycles. The van der Waals surface area contributed by atoms with Crippen LogP contribution in [0.15, 0.2) is 11.0 Å². The van der Waals surface area contributed by atoms with Gasteiger partial charge in [-0.15, -0.1) is 0 Å². The average molecular weight is 281 g/mol. The molecule has 0 aliphatic carbocycles. The summed E-state index contributed by atoms with van der Waals surface area (Å²) in [4.78, 5) is 21.1. The van der Waals surface area contributed by atoms with Crippen LogP contribution in [0.1, 0.15) is 20.3 Å². The van der Waals surface area contributed by atoms with E-state index >= 15 is 0 Å². The maximum Gasteiger partial charge on any atom is 0.263 e. The standard InChI is InChI=1S/C12H19N5OS/c1-4-19-6-5-8(2)17(3)12-14-10-9(7-13-16-10)11(18)15-12/h7-8H,4-6H2,1-3H3,(H2,13,14,15,16,18)/t8-/m1/s1. The maximum atomic E-state index is 11.9. The first-order valence-electron chi connectivity index (χ1n) is 6.37. The summed E-state index contributed by atoms with van der Waals surface area (Å²) in [6.07, 6.45) is 2.55. The number of thioether (sulfide) groups is 1. The van der Waals surface area contributed by atoms with Crippen LogP contribution in [-0.4, -0.2) is 44.8 Å². The Bertz CT molecular complexity index is 593. The number of nitrogens with zero attached hydrogens (tertiary/aromatic N) is 3. The molecule has 0 aliphatic rings. The Balaban J connectivity index is 2.16. The normalized spacial score (nSPS) is 12.8. The Kier molecular flexibility index (Phi) is 4.47. The van der Waals surface area contributed by atoms with Crippen molar-refractivity contribution in [1.29, 1.82) is 0 Å². The van der Waals surface area contributed by atoms with Gasteiger partial charge < -0.3 is 4.90 Å². The van der Waals surface area contributed by atoms with E-state index in [0.29, 0.717) is 23.0 Å². The molecule has 6 nitrogen and oxygen atoms in total. The molecule has 0 aromatic carbocycles. The SMILES string of the molecule is CCSCC[C@@H](C)N(C)c1nc2[nH]ncc2c(=O)[nH]1. The summed E-state index contributed by atoms with van der Waals surface area (Å²) in [7, 11) is 1.95. The molecule has 0 fully saturated rings. The second-order valence-corrected chi connectivity index (χ2v) is 5.86. The number of fused-ring (bicyclic) bond motifs is 1. The van der Waals surface area contributed by atoms with Gasteiger partial charge in [-0.2, -0.15) is 21.8 Å². The van der Waals surface area contributed by atoms with Gasteiger partial charge in [0.2, 0.25) is 5.95 Å². The summed E-state index contributed by atoms with van der Waals surface area (Å²) in [6, 6.07) is 0.322. The fraction of sp³-hybridized carbons (Fsp3) is 0.583. The van der Waals surface area contributed by atoms with Crippen LogP contribution in [0.5, 0.6) is 0 Å². The monoisotopic (exact) mass is 281 g/mol.